The Bertz CT molecular complexity index is 1140. The van der Waals surface area contributed by atoms with Crippen molar-refractivity contribution in [3.05, 3.63) is 59.9 Å². The SMILES string of the molecule is COC(C)CNC(=O)N1CC2(CC2)[C@H](NS(C)(=O)=O)[C@@H]1Cc1cccc(-c2ccccc2)c1F. The number of ether oxygens (including phenoxy) is 1. The van der Waals surface area contributed by atoms with Crippen molar-refractivity contribution in [1.29, 1.82) is 0 Å². The van der Waals surface area contributed by atoms with Gasteiger partial charge in [-0.15, -0.1) is 0 Å². The monoisotopic (exact) mass is 489 g/mol. The number of hydrogen-bond acceptors (Lipinski definition) is 4. The first-order valence-corrected chi connectivity index (χ1v) is 13.4. The topological polar surface area (TPSA) is 87.7 Å². The molecule has 2 aromatic carbocycles. The van der Waals surface area contributed by atoms with E-state index in [9.17, 15) is 13.2 Å². The second kappa shape index (κ2) is 9.64. The van der Waals surface area contributed by atoms with Crippen molar-refractivity contribution in [1.82, 2.24) is 14.9 Å². The molecular formula is C25H32FN3O4S. The second-order valence-electron chi connectivity index (χ2n) is 9.51. The van der Waals surface area contributed by atoms with Gasteiger partial charge in [0, 0.05) is 37.2 Å². The van der Waals surface area contributed by atoms with Crippen LogP contribution in [0.5, 0.6) is 0 Å². The lowest BCUT2D eigenvalue weighted by molar-refractivity contribution is 0.114. The maximum atomic E-state index is 15.6. The molecule has 1 unspecified atom stereocenters. The number of nitrogens with zero attached hydrogens (tertiary/aromatic N) is 1. The van der Waals surface area contributed by atoms with Crippen LogP contribution in [0.1, 0.15) is 25.3 Å². The molecule has 1 aliphatic carbocycles. The van der Waals surface area contributed by atoms with E-state index in [4.69, 9.17) is 4.74 Å². The van der Waals surface area contributed by atoms with Crippen LogP contribution in [0.15, 0.2) is 48.5 Å². The van der Waals surface area contributed by atoms with Crippen molar-refractivity contribution in [3.8, 4) is 11.1 Å². The number of methoxy groups -OCH3 is 1. The molecule has 2 aliphatic rings. The van der Waals surface area contributed by atoms with E-state index in [0.29, 0.717) is 24.2 Å². The Morgan fingerprint density at radius 1 is 1.21 bits per heavy atom. The Hall–Kier alpha value is -2.49. The molecular weight excluding hydrogens is 457 g/mol. The highest BCUT2D eigenvalue weighted by Crippen LogP contribution is 2.55. The standard InChI is InChI=1S/C25H32FN3O4S/c1-17(33-2)15-27-24(30)29-16-25(12-13-25)23(28-34(3,31)32)21(29)14-19-10-7-11-20(22(19)26)18-8-5-4-6-9-18/h4-11,17,21,23,28H,12-16H2,1-3H3,(H,27,30)/t17?,21-,23+/m0/s1. The van der Waals surface area contributed by atoms with Crippen molar-refractivity contribution in [2.75, 3.05) is 26.5 Å². The zero-order valence-electron chi connectivity index (χ0n) is 19.8. The molecule has 0 bridgehead atoms. The van der Waals surface area contributed by atoms with Crippen LogP contribution < -0.4 is 10.0 Å². The van der Waals surface area contributed by atoms with Gasteiger partial charge >= 0.3 is 6.03 Å². The maximum absolute atomic E-state index is 15.6. The second-order valence-corrected chi connectivity index (χ2v) is 11.3. The summed E-state index contributed by atoms with van der Waals surface area (Å²) in [5.74, 6) is -0.350. The number of hydrogen-bond donors (Lipinski definition) is 2. The molecule has 1 saturated carbocycles. The van der Waals surface area contributed by atoms with Crippen molar-refractivity contribution in [3.63, 3.8) is 0 Å². The molecule has 2 N–H and O–H groups in total. The van der Waals surface area contributed by atoms with Gasteiger partial charge in [0.05, 0.1) is 18.4 Å². The van der Waals surface area contributed by atoms with Gasteiger partial charge in [0.1, 0.15) is 5.82 Å². The number of halogens is 1. The van der Waals surface area contributed by atoms with Gasteiger partial charge in [0.2, 0.25) is 10.0 Å². The third-order valence-electron chi connectivity index (χ3n) is 6.96. The summed E-state index contributed by atoms with van der Waals surface area (Å²) in [6, 6.07) is 13.2. The number of rotatable bonds is 8. The average molecular weight is 490 g/mol. The minimum Gasteiger partial charge on any atom is -0.380 e. The van der Waals surface area contributed by atoms with Gasteiger partial charge in [0.15, 0.2) is 0 Å². The molecule has 1 spiro atoms. The summed E-state index contributed by atoms with van der Waals surface area (Å²) in [6.07, 6.45) is 2.81. The molecule has 3 atom stereocenters. The summed E-state index contributed by atoms with van der Waals surface area (Å²) >= 11 is 0. The highest BCUT2D eigenvalue weighted by Gasteiger charge is 2.61. The van der Waals surface area contributed by atoms with Crippen LogP contribution in [0.4, 0.5) is 9.18 Å². The van der Waals surface area contributed by atoms with Crippen LogP contribution in [0.25, 0.3) is 11.1 Å². The van der Waals surface area contributed by atoms with Gasteiger partial charge in [-0.2, -0.15) is 0 Å². The largest absolute Gasteiger partial charge is 0.380 e. The number of benzene rings is 2. The minimum atomic E-state index is -3.53. The van der Waals surface area contributed by atoms with E-state index < -0.39 is 22.1 Å². The third-order valence-corrected chi connectivity index (χ3v) is 7.64. The van der Waals surface area contributed by atoms with Gasteiger partial charge in [-0.3, -0.25) is 0 Å². The molecule has 34 heavy (non-hydrogen) atoms. The lowest BCUT2D eigenvalue weighted by atomic mass is 9.91. The lowest BCUT2D eigenvalue weighted by Gasteiger charge is -2.29. The van der Waals surface area contributed by atoms with Crippen LogP contribution in [0.2, 0.25) is 0 Å². The Morgan fingerprint density at radius 3 is 2.53 bits per heavy atom. The molecule has 1 aliphatic heterocycles. The minimum absolute atomic E-state index is 0.162. The van der Waals surface area contributed by atoms with Crippen LogP contribution >= 0.6 is 0 Å². The van der Waals surface area contributed by atoms with Crippen LogP contribution in [-0.2, 0) is 21.2 Å². The average Bonchev–Trinajstić information content (AvgIpc) is 3.53. The molecule has 1 saturated heterocycles. The van der Waals surface area contributed by atoms with E-state index in [2.05, 4.69) is 10.0 Å². The first-order chi connectivity index (χ1) is 16.1. The zero-order chi connectivity index (χ0) is 24.5. The highest BCUT2D eigenvalue weighted by molar-refractivity contribution is 7.88. The molecule has 2 aromatic rings. The molecule has 1 heterocycles. The predicted molar refractivity (Wildman–Crippen MR) is 129 cm³/mol. The molecule has 4 rings (SSSR count). The van der Waals surface area contributed by atoms with Gasteiger partial charge < -0.3 is 15.0 Å². The summed E-state index contributed by atoms with van der Waals surface area (Å²) in [5.41, 5.74) is 1.38. The van der Waals surface area contributed by atoms with Crippen LogP contribution in [-0.4, -0.2) is 64.0 Å². The highest BCUT2D eigenvalue weighted by atomic mass is 32.2. The van der Waals surface area contributed by atoms with Gasteiger partial charge in [-0.1, -0.05) is 48.5 Å². The first kappa shape index (κ1) is 24.6. The summed E-state index contributed by atoms with van der Waals surface area (Å²) in [7, 11) is -1.95. The van der Waals surface area contributed by atoms with Crippen molar-refractivity contribution in [2.45, 2.75) is 44.4 Å². The molecule has 7 nitrogen and oxygen atoms in total. The molecule has 0 aromatic heterocycles. The summed E-state index contributed by atoms with van der Waals surface area (Å²) < 4.78 is 48.1. The number of sulfonamides is 1. The molecule has 9 heteroatoms. The quantitative estimate of drug-likeness (QED) is 0.596. The zero-order valence-corrected chi connectivity index (χ0v) is 20.6. The molecule has 2 amide bonds. The summed E-state index contributed by atoms with van der Waals surface area (Å²) in [6.45, 7) is 2.61. The number of urea groups is 1. The fourth-order valence-electron chi connectivity index (χ4n) is 4.88. The lowest BCUT2D eigenvalue weighted by Crippen LogP contribution is -2.52. The summed E-state index contributed by atoms with van der Waals surface area (Å²) in [5, 5.41) is 2.88. The van der Waals surface area contributed by atoms with Gasteiger partial charge in [-0.25, -0.2) is 22.3 Å². The number of nitrogens with one attached hydrogen (secondary N) is 2. The van der Waals surface area contributed by atoms with Gasteiger partial charge in [-0.05, 0) is 37.3 Å². The normalized spacial score (nSPS) is 22.1. The van der Waals surface area contributed by atoms with Gasteiger partial charge in [0.25, 0.3) is 0 Å². The van der Waals surface area contributed by atoms with E-state index in [1.165, 1.54) is 0 Å². The number of carbonyl (C=O) groups is 1. The smallest absolute Gasteiger partial charge is 0.317 e. The van der Waals surface area contributed by atoms with E-state index >= 15 is 4.39 Å². The first-order valence-electron chi connectivity index (χ1n) is 11.5. The number of carbonyl (C=O) groups excluding carboxylic acids is 1. The van der Waals surface area contributed by atoms with Crippen molar-refractivity contribution >= 4 is 16.1 Å². The van der Waals surface area contributed by atoms with E-state index in [1.54, 1.807) is 30.2 Å². The van der Waals surface area contributed by atoms with Crippen LogP contribution in [0.3, 0.4) is 0 Å². The maximum Gasteiger partial charge on any atom is 0.317 e. The fourth-order valence-corrected chi connectivity index (χ4v) is 5.74. The Morgan fingerprint density at radius 2 is 1.91 bits per heavy atom. The third kappa shape index (κ3) is 5.26. The number of likely N-dealkylation sites (tertiary alicyclic amines) is 1. The van der Waals surface area contributed by atoms with Crippen LogP contribution in [0, 0.1) is 11.2 Å². The molecule has 0 radical (unpaired) electrons. The van der Waals surface area contributed by atoms with E-state index in [0.717, 1.165) is 24.7 Å². The molecule has 184 valence electrons. The van der Waals surface area contributed by atoms with Crippen molar-refractivity contribution in [2.24, 2.45) is 5.41 Å². The number of amides is 2. The predicted octanol–water partition coefficient (Wildman–Crippen LogP) is 3.16. The fraction of sp³-hybridized carbons (Fsp3) is 0.480. The Balaban J connectivity index is 1.66. The Labute approximate surface area is 200 Å². The van der Waals surface area contributed by atoms with E-state index in [1.807, 2.05) is 37.3 Å². The summed E-state index contributed by atoms with van der Waals surface area (Å²) in [4.78, 5) is 14.8. The van der Waals surface area contributed by atoms with E-state index in [-0.39, 0.29) is 29.8 Å². The molecule has 2 fully saturated rings. The van der Waals surface area contributed by atoms with Crippen molar-refractivity contribution < 1.29 is 22.3 Å². The Kier molecular flexibility index (Phi) is 6.98.